The number of aromatic amines is 4. The zero-order chi connectivity index (χ0) is 83.8. The van der Waals surface area contributed by atoms with Crippen LogP contribution in [0.5, 0.6) is 11.5 Å². The van der Waals surface area contributed by atoms with Gasteiger partial charge >= 0.3 is 0 Å². The van der Waals surface area contributed by atoms with Crippen molar-refractivity contribution in [3.8, 4) is 34.2 Å². The van der Waals surface area contributed by atoms with Gasteiger partial charge in [0, 0.05) is 84.1 Å². The lowest BCUT2D eigenvalue weighted by Gasteiger charge is -2.03. The van der Waals surface area contributed by atoms with Crippen LogP contribution in [0.2, 0.25) is 0 Å². The van der Waals surface area contributed by atoms with Crippen LogP contribution < -0.4 is 43.9 Å². The Bertz CT molecular complexity index is 6130. The van der Waals surface area contributed by atoms with Gasteiger partial charge < -0.3 is 10.2 Å². The summed E-state index contributed by atoms with van der Waals surface area (Å²) in [7, 11) is 0. The number of aryl methyl sites for hydroxylation is 4. The maximum atomic E-state index is 12.8. The zero-order valence-corrected chi connectivity index (χ0v) is 70.1. The summed E-state index contributed by atoms with van der Waals surface area (Å²) in [6.07, 6.45) is 0. The number of carbonyl (C=O) groups is 4. The number of benzene rings is 8. The highest BCUT2D eigenvalue weighted by atomic mass is 127. The van der Waals surface area contributed by atoms with E-state index >= 15 is 0 Å². The topological polar surface area (TPSA) is 487 Å². The van der Waals surface area contributed by atoms with Crippen LogP contribution in [0.15, 0.2) is 228 Å². The van der Waals surface area contributed by atoms with Crippen molar-refractivity contribution in [3.05, 3.63) is 341 Å². The molecule has 12 aromatic rings. The number of nitrogens with zero attached hydrogens (tertiary/aromatic N) is 11. The van der Waals surface area contributed by atoms with E-state index in [1.54, 1.807) is 55.4 Å². The van der Waals surface area contributed by atoms with Gasteiger partial charge in [-0.3, -0.25) is 89.1 Å². The Balaban J connectivity index is 0.000000175. The van der Waals surface area contributed by atoms with Crippen molar-refractivity contribution in [2.75, 3.05) is 0 Å². The number of hydrogen-bond acceptors (Lipinski definition) is 20. The molecule has 0 atom stereocenters. The molecule has 0 spiro atoms. The quantitative estimate of drug-likeness (QED) is 0.0118. The molecular weight excluding hydrogens is 1940 g/mol. The number of carbonyl (C=O) groups excluding carboxylic acids is 4. The number of hydrazone groups is 4. The van der Waals surface area contributed by atoms with E-state index in [-0.39, 0.29) is 73.0 Å². The number of rotatable bonds is 19. The molecule has 0 aliphatic rings. The van der Waals surface area contributed by atoms with Crippen molar-refractivity contribution in [3.63, 3.8) is 0 Å². The van der Waals surface area contributed by atoms with Gasteiger partial charge in [-0.05, 0) is 285 Å². The lowest BCUT2D eigenvalue weighted by molar-refractivity contribution is -0.385. The number of halogens is 4. The molecule has 0 aliphatic heterocycles. The number of nitrogens with one attached hydrogen (secondary N) is 8. The number of hydrogen-bond donors (Lipinski definition) is 10. The van der Waals surface area contributed by atoms with Crippen LogP contribution in [0, 0.1) is 72.3 Å². The standard InChI is InChI=1S/3C19H16IN5O4.C19H17IN4O4/c1-11(21-22-18(26)13-3-7-16(8-4-13)25(28)29)17-12(2)23-24(19(17)27)15-9-5-14(20)6-10-15;1-11(21-22-18(26)13-4-3-5-16(10-13)25(28)29)17-12(2)23-24(19(17)27)15-8-6-14(20)7-9-15;1-11(21-22-18(26)15-5-3-4-6-16(15)25(28)29)17-12(2)23-24(19(17)27)14-9-7-13(20)8-10-14;1-10(21-22-18(27)12-3-8-15(25)16(26)9-12)17-11(2)23-24(19(17)28)14-6-4-13(20)5-7-14/h3*3-10,23H,1-2H3,(H,22,26);3-9,23,25-26H,1-2H3,(H,22,27). The maximum Gasteiger partial charge on any atom is 0.282 e. The van der Waals surface area contributed by atoms with Crippen molar-refractivity contribution >= 4 is 154 Å². The molecule has 0 fully saturated rings. The van der Waals surface area contributed by atoms with Gasteiger partial charge in [0.05, 0.1) is 82.6 Å². The first kappa shape index (κ1) is 86.1. The van der Waals surface area contributed by atoms with E-state index in [1.807, 2.05) is 97.1 Å². The summed E-state index contributed by atoms with van der Waals surface area (Å²) in [4.78, 5) is 131. The highest BCUT2D eigenvalue weighted by Crippen LogP contribution is 2.26. The van der Waals surface area contributed by atoms with Crippen LogP contribution in [0.4, 0.5) is 17.1 Å². The summed E-state index contributed by atoms with van der Waals surface area (Å²) in [6.45, 7) is 13.4. The van der Waals surface area contributed by atoms with Crippen molar-refractivity contribution in [1.82, 2.24) is 60.8 Å². The molecule has 0 saturated heterocycles. The van der Waals surface area contributed by atoms with E-state index in [9.17, 15) is 78.9 Å². The summed E-state index contributed by atoms with van der Waals surface area (Å²) in [5.74, 6) is -3.20. The van der Waals surface area contributed by atoms with Gasteiger partial charge in [-0.2, -0.15) is 20.4 Å². The number of phenols is 2. The highest BCUT2D eigenvalue weighted by Gasteiger charge is 2.24. The molecule has 0 aliphatic carbocycles. The maximum absolute atomic E-state index is 12.8. The molecule has 0 unspecified atom stereocenters. The Morgan fingerprint density at radius 1 is 0.357 bits per heavy atom. The second-order valence-corrected chi connectivity index (χ2v) is 29.5. The predicted molar refractivity (Wildman–Crippen MR) is 463 cm³/mol. The monoisotopic (exact) mass is 2010 g/mol. The van der Waals surface area contributed by atoms with Crippen LogP contribution in [-0.4, -0.2) is 111 Å². The van der Waals surface area contributed by atoms with E-state index in [1.165, 1.54) is 97.6 Å². The van der Waals surface area contributed by atoms with E-state index in [4.69, 9.17) is 0 Å². The molecule has 12 rings (SSSR count). The van der Waals surface area contributed by atoms with E-state index in [2.05, 4.69) is 153 Å². The Kier molecular flexibility index (Phi) is 28.8. The minimum absolute atomic E-state index is 0.0952. The number of phenolic OH excluding ortho intramolecular Hbond substituents is 2. The number of aromatic hydroxyl groups is 2. The van der Waals surface area contributed by atoms with Crippen LogP contribution in [0.1, 0.15) is 114 Å². The third-order valence-electron chi connectivity index (χ3n) is 16.6. The van der Waals surface area contributed by atoms with Crippen molar-refractivity contribution < 1.29 is 44.2 Å². The molecule has 115 heavy (non-hydrogen) atoms. The number of H-pyrrole nitrogens is 4. The molecule has 39 heteroatoms. The number of non-ortho nitro benzene ring substituents is 2. The van der Waals surface area contributed by atoms with Gasteiger partial charge in [0.1, 0.15) is 5.56 Å². The van der Waals surface area contributed by atoms with Gasteiger partial charge in [-0.25, -0.2) is 40.4 Å². The minimum atomic E-state index is -0.734. The fourth-order valence-corrected chi connectivity index (χ4v) is 12.4. The highest BCUT2D eigenvalue weighted by molar-refractivity contribution is 14.1. The number of amides is 4. The normalized spacial score (nSPS) is 11.4. The molecule has 0 saturated carbocycles. The summed E-state index contributed by atoms with van der Waals surface area (Å²) >= 11 is 8.73. The SMILES string of the molecule is CC(=NNC(=O)c1ccc(O)c(O)c1)c1c(C)[nH]n(-c2ccc(I)cc2)c1=O.CC(=NNC(=O)c1ccc([N+](=O)[O-])cc1)c1c(C)[nH]n(-c2ccc(I)cc2)c1=O.CC(=NNC(=O)c1cccc([N+](=O)[O-])c1)c1c(C)[nH]n(-c2ccc(I)cc2)c1=O.CC(=NNC(=O)c1ccccc1[N+](=O)[O-])c1c(C)[nH]n(-c2ccc(I)cc2)c1=O. The molecule has 8 aromatic carbocycles. The van der Waals surface area contributed by atoms with Crippen molar-refractivity contribution in [2.45, 2.75) is 55.4 Å². The second-order valence-electron chi connectivity index (χ2n) is 24.6. The Labute approximate surface area is 704 Å². The summed E-state index contributed by atoms with van der Waals surface area (Å²) < 4.78 is 9.82. The fourth-order valence-electron chi connectivity index (χ4n) is 11.0. The Morgan fingerprint density at radius 2 is 0.661 bits per heavy atom. The third kappa shape index (κ3) is 21.5. The Morgan fingerprint density at radius 3 is 0.983 bits per heavy atom. The van der Waals surface area contributed by atoms with Crippen LogP contribution >= 0.6 is 90.4 Å². The third-order valence-corrected chi connectivity index (χ3v) is 19.5. The van der Waals surface area contributed by atoms with Gasteiger partial charge in [0.2, 0.25) is 0 Å². The second kappa shape index (κ2) is 38.5. The van der Waals surface area contributed by atoms with Gasteiger partial charge in [0.15, 0.2) is 11.5 Å². The Hall–Kier alpha value is -12.9. The average Bonchev–Trinajstić information content (AvgIpc) is 1.68. The van der Waals surface area contributed by atoms with Crippen molar-refractivity contribution in [1.29, 1.82) is 0 Å². The molecule has 35 nitrogen and oxygen atoms in total. The molecule has 10 N–H and O–H groups in total. The van der Waals surface area contributed by atoms with E-state index < -0.39 is 44.1 Å². The molecule has 4 amide bonds. The fraction of sp³-hybridized carbons (Fsp3) is 0.105. The summed E-state index contributed by atoms with van der Waals surface area (Å²) in [6, 6.07) is 49.4. The summed E-state index contributed by atoms with van der Waals surface area (Å²) in [5.41, 5.74) is 15.6. The van der Waals surface area contributed by atoms with Crippen LogP contribution in [0.3, 0.4) is 0 Å². The number of nitro benzene ring substituents is 3. The van der Waals surface area contributed by atoms with Gasteiger partial charge in [-0.15, -0.1) is 0 Å². The van der Waals surface area contributed by atoms with Crippen LogP contribution in [-0.2, 0) is 0 Å². The minimum Gasteiger partial charge on any atom is -0.504 e. The lowest BCUT2D eigenvalue weighted by Crippen LogP contribution is -2.24. The number of nitro groups is 3. The van der Waals surface area contributed by atoms with Gasteiger partial charge in [0.25, 0.3) is 62.9 Å². The molecule has 4 aromatic heterocycles. The first-order valence-electron chi connectivity index (χ1n) is 33.6. The molecule has 4 heterocycles. The number of para-hydroxylation sites is 1. The van der Waals surface area contributed by atoms with Crippen molar-refractivity contribution in [2.24, 2.45) is 20.4 Å². The zero-order valence-electron chi connectivity index (χ0n) is 61.4. The molecule has 0 bridgehead atoms. The lowest BCUT2D eigenvalue weighted by atomic mass is 10.1. The van der Waals surface area contributed by atoms with Crippen LogP contribution in [0.25, 0.3) is 22.7 Å². The number of aromatic nitrogens is 8. The van der Waals surface area contributed by atoms with E-state index in [0.29, 0.717) is 84.9 Å². The smallest absolute Gasteiger partial charge is 0.282 e. The van der Waals surface area contributed by atoms with E-state index in [0.717, 1.165) is 26.4 Å². The molecular formula is C76H65I4N19O16. The summed E-state index contributed by atoms with van der Waals surface area (Å²) in [5, 5.41) is 79.4. The average molecular weight is 2010 g/mol. The first-order valence-corrected chi connectivity index (χ1v) is 37.9. The van der Waals surface area contributed by atoms with Gasteiger partial charge in [-0.1, -0.05) is 18.2 Å². The molecule has 588 valence electrons. The molecule has 0 radical (unpaired) electrons. The first-order chi connectivity index (χ1) is 54.6. The largest absolute Gasteiger partial charge is 0.504 e. The predicted octanol–water partition coefficient (Wildman–Crippen LogP) is 12.1.